The van der Waals surface area contributed by atoms with E-state index in [2.05, 4.69) is 209 Å². The lowest BCUT2D eigenvalue weighted by atomic mass is 9.92. The largest absolute Gasteiger partial charge is 0.420 e. The summed E-state index contributed by atoms with van der Waals surface area (Å²) in [6, 6.07) is 45.8. The molecular weight excluding hydrogens is 992 g/mol. The van der Waals surface area contributed by atoms with Gasteiger partial charge in [-0.25, -0.2) is 15.0 Å². The van der Waals surface area contributed by atoms with Gasteiger partial charge in [-0.05, 0) is 222 Å². The monoisotopic (exact) mass is 1060 g/mol. The SMILES string of the molecule is Cc1cc(C)c(-c2ccc3c4ccc(-c5c(C)cc(C)cc5C)cc4n(-c4cc(-c5nc(C)nc(C)n5)cc(-n5c6cc(-c7c(C)cc(C)cc7C)ccc6c6ccc(-c7c(C)cc(C)cc7C)cc65)c4C(F)(F)F)c3c2)c(C)c1. The van der Waals surface area contributed by atoms with Gasteiger partial charge in [-0.3, -0.25) is 0 Å². The number of halogens is 3. The van der Waals surface area contributed by atoms with Crippen molar-refractivity contribution < 1.29 is 13.2 Å². The Morgan fingerprint density at radius 2 is 0.550 bits per heavy atom. The molecule has 0 N–H and O–H groups in total. The molecule has 0 aliphatic rings. The summed E-state index contributed by atoms with van der Waals surface area (Å²) in [5.74, 6) is 1.21. The molecule has 8 heteroatoms. The molecule has 0 amide bonds. The Kier molecular flexibility index (Phi) is 12.4. The number of rotatable bonds is 7. The number of aryl methyl sites for hydroxylation is 14. The number of fused-ring (bicyclic) bond motifs is 6. The first-order valence-electron chi connectivity index (χ1n) is 27.5. The molecule has 0 saturated carbocycles. The lowest BCUT2D eigenvalue weighted by molar-refractivity contribution is -0.137. The molecule has 398 valence electrons. The minimum atomic E-state index is -4.91. The molecule has 12 rings (SSSR count). The van der Waals surface area contributed by atoms with Gasteiger partial charge >= 0.3 is 6.18 Å². The van der Waals surface area contributed by atoms with Crippen molar-refractivity contribution in [2.45, 2.75) is 103 Å². The average molecular weight is 1060 g/mol. The molecule has 3 aromatic heterocycles. The summed E-state index contributed by atoms with van der Waals surface area (Å²) < 4.78 is 56.7. The Morgan fingerprint density at radius 3 is 0.787 bits per heavy atom. The first-order valence-corrected chi connectivity index (χ1v) is 27.5. The normalized spacial score (nSPS) is 12.1. The fourth-order valence-corrected chi connectivity index (χ4v) is 13.8. The minimum absolute atomic E-state index is 0.0394. The Morgan fingerprint density at radius 1 is 0.300 bits per heavy atom. The van der Waals surface area contributed by atoms with E-state index in [1.807, 2.05) is 9.13 Å². The predicted molar refractivity (Wildman–Crippen MR) is 327 cm³/mol. The second-order valence-electron chi connectivity index (χ2n) is 22.8. The van der Waals surface area contributed by atoms with Crippen molar-refractivity contribution in [3.8, 4) is 67.3 Å². The van der Waals surface area contributed by atoms with Crippen LogP contribution in [-0.4, -0.2) is 24.1 Å². The highest BCUT2D eigenvalue weighted by Crippen LogP contribution is 2.49. The van der Waals surface area contributed by atoms with E-state index in [0.717, 1.165) is 133 Å². The van der Waals surface area contributed by atoms with Gasteiger partial charge in [-0.15, -0.1) is 0 Å². The Hall–Kier alpha value is -8.62. The molecular formula is C72H64F3N5. The molecule has 0 spiro atoms. The molecule has 0 unspecified atom stereocenters. The predicted octanol–water partition coefficient (Wildman–Crippen LogP) is 19.7. The van der Waals surface area contributed by atoms with Gasteiger partial charge < -0.3 is 9.13 Å². The summed E-state index contributed by atoms with van der Waals surface area (Å²) in [6.45, 7) is 28.8. The summed E-state index contributed by atoms with van der Waals surface area (Å²) in [5, 5.41) is 3.34. The lowest BCUT2D eigenvalue weighted by Gasteiger charge is -2.23. The maximum atomic E-state index is 17.6. The van der Waals surface area contributed by atoms with Crippen molar-refractivity contribution in [1.82, 2.24) is 24.1 Å². The van der Waals surface area contributed by atoms with Crippen molar-refractivity contribution in [2.75, 3.05) is 0 Å². The third-order valence-corrected chi connectivity index (χ3v) is 16.4. The maximum absolute atomic E-state index is 17.6. The first kappa shape index (κ1) is 52.1. The van der Waals surface area contributed by atoms with E-state index in [0.29, 0.717) is 39.3 Å². The molecule has 9 aromatic carbocycles. The summed E-state index contributed by atoms with van der Waals surface area (Å²) >= 11 is 0. The summed E-state index contributed by atoms with van der Waals surface area (Å²) in [4.78, 5) is 14.3. The van der Waals surface area contributed by atoms with Crippen molar-refractivity contribution in [3.63, 3.8) is 0 Å². The highest BCUT2D eigenvalue weighted by Gasteiger charge is 2.40. The van der Waals surface area contributed by atoms with Gasteiger partial charge in [0.05, 0.1) is 33.4 Å². The zero-order valence-electron chi connectivity index (χ0n) is 48.1. The van der Waals surface area contributed by atoms with Gasteiger partial charge in [-0.1, -0.05) is 119 Å². The molecule has 0 saturated heterocycles. The van der Waals surface area contributed by atoms with Crippen LogP contribution in [0.25, 0.3) is 111 Å². The molecule has 0 atom stereocenters. The molecule has 0 bridgehead atoms. The quantitative estimate of drug-likeness (QED) is 0.160. The van der Waals surface area contributed by atoms with Gasteiger partial charge in [0.15, 0.2) is 5.82 Å². The number of aromatic nitrogens is 5. The fourth-order valence-electron chi connectivity index (χ4n) is 13.8. The molecule has 0 aliphatic heterocycles. The van der Waals surface area contributed by atoms with E-state index in [-0.39, 0.29) is 17.2 Å². The summed E-state index contributed by atoms with van der Waals surface area (Å²) in [7, 11) is 0. The second-order valence-corrected chi connectivity index (χ2v) is 22.8. The van der Waals surface area contributed by atoms with Crippen LogP contribution in [0.15, 0.2) is 133 Å². The Balaban J connectivity index is 1.29. The van der Waals surface area contributed by atoms with Crippen LogP contribution >= 0.6 is 0 Å². The lowest BCUT2D eigenvalue weighted by Crippen LogP contribution is -2.16. The van der Waals surface area contributed by atoms with Crippen LogP contribution in [0.2, 0.25) is 0 Å². The van der Waals surface area contributed by atoms with Crippen molar-refractivity contribution in [1.29, 1.82) is 0 Å². The van der Waals surface area contributed by atoms with E-state index in [9.17, 15) is 0 Å². The molecule has 0 aliphatic carbocycles. The zero-order valence-corrected chi connectivity index (χ0v) is 48.1. The molecule has 3 heterocycles. The van der Waals surface area contributed by atoms with E-state index in [4.69, 9.17) is 9.97 Å². The van der Waals surface area contributed by atoms with Crippen LogP contribution < -0.4 is 0 Å². The highest BCUT2D eigenvalue weighted by molar-refractivity contribution is 6.13. The summed E-state index contributed by atoms with van der Waals surface area (Å²) in [5.41, 5.74) is 23.3. The van der Waals surface area contributed by atoms with Gasteiger partial charge in [0.2, 0.25) is 0 Å². The first-order chi connectivity index (χ1) is 38.0. The summed E-state index contributed by atoms with van der Waals surface area (Å²) in [6.07, 6.45) is -4.91. The van der Waals surface area contributed by atoms with Crippen molar-refractivity contribution in [2.24, 2.45) is 0 Å². The Labute approximate surface area is 466 Å². The van der Waals surface area contributed by atoms with Crippen LogP contribution in [0.5, 0.6) is 0 Å². The minimum Gasteiger partial charge on any atom is -0.308 e. The number of hydrogen-bond donors (Lipinski definition) is 0. The maximum Gasteiger partial charge on any atom is 0.420 e. The van der Waals surface area contributed by atoms with E-state index < -0.39 is 11.7 Å². The zero-order chi connectivity index (χ0) is 56.5. The fraction of sp³-hybridized carbons (Fsp3) is 0.208. The third-order valence-electron chi connectivity index (χ3n) is 16.4. The van der Waals surface area contributed by atoms with Crippen LogP contribution in [0, 0.1) is 96.9 Å². The third kappa shape index (κ3) is 8.67. The number of alkyl halides is 3. The second kappa shape index (κ2) is 19.0. The van der Waals surface area contributed by atoms with Crippen molar-refractivity contribution in [3.05, 3.63) is 217 Å². The smallest absolute Gasteiger partial charge is 0.308 e. The van der Waals surface area contributed by atoms with E-state index in [1.54, 1.807) is 26.0 Å². The van der Waals surface area contributed by atoms with Gasteiger partial charge in [0.25, 0.3) is 0 Å². The van der Waals surface area contributed by atoms with Crippen LogP contribution in [0.1, 0.15) is 84.0 Å². The number of hydrogen-bond acceptors (Lipinski definition) is 3. The molecule has 12 aromatic rings. The number of benzene rings is 9. The Bertz CT molecular complexity index is 4020. The van der Waals surface area contributed by atoms with E-state index >= 15 is 13.2 Å². The van der Waals surface area contributed by atoms with Crippen LogP contribution in [0.3, 0.4) is 0 Å². The van der Waals surface area contributed by atoms with Crippen LogP contribution in [0.4, 0.5) is 13.2 Å². The van der Waals surface area contributed by atoms with E-state index in [1.165, 1.54) is 0 Å². The highest BCUT2D eigenvalue weighted by atomic mass is 19.4. The average Bonchev–Trinajstić information content (AvgIpc) is 3.93. The van der Waals surface area contributed by atoms with Crippen LogP contribution in [-0.2, 0) is 6.18 Å². The molecule has 5 nitrogen and oxygen atoms in total. The topological polar surface area (TPSA) is 48.5 Å². The molecule has 80 heavy (non-hydrogen) atoms. The standard InChI is InChI=1S/C72H64F3N5/c1-37-23-41(5)66(42(6)24-37)51-15-19-56-57-20-16-52(67-43(7)25-38(2)26-44(67)8)32-61(57)79(60(56)31-51)64-35-55(71-77-49(13)76-50(14)78-71)36-65(70(64)72(73,74)75)80-62-33-53(68-45(9)27-39(3)28-46(68)10)17-21-58(62)59-22-18-54(34-63(59)80)69-47(11)29-40(4)30-48(69)12/h15-36H,1-14H3. The van der Waals surface area contributed by atoms with Crippen molar-refractivity contribution >= 4 is 43.6 Å². The number of nitrogens with zero attached hydrogens (tertiary/aromatic N) is 5. The van der Waals surface area contributed by atoms with Gasteiger partial charge in [-0.2, -0.15) is 13.2 Å². The molecule has 0 radical (unpaired) electrons. The van der Waals surface area contributed by atoms with Gasteiger partial charge in [0.1, 0.15) is 17.2 Å². The molecule has 0 fully saturated rings. The van der Waals surface area contributed by atoms with Gasteiger partial charge in [0, 0.05) is 27.1 Å².